The molecule has 0 aliphatic heterocycles. The molecule has 1 amide bonds. The largest absolute Gasteiger partial charge is 0.469 e. The molecular formula is C15H20BrNO4. The van der Waals surface area contributed by atoms with E-state index in [9.17, 15) is 9.59 Å². The number of hydrogen-bond acceptors (Lipinski definition) is 4. The van der Waals surface area contributed by atoms with Crippen LogP contribution in [0.5, 0.6) is 0 Å². The minimum Gasteiger partial charge on any atom is -0.469 e. The minimum atomic E-state index is -0.530. The fraction of sp³-hybridized carbons (Fsp3) is 0.467. The minimum absolute atomic E-state index is 0.0683. The van der Waals surface area contributed by atoms with E-state index in [-0.39, 0.29) is 18.3 Å². The van der Waals surface area contributed by atoms with E-state index in [2.05, 4.69) is 21.2 Å². The second kappa shape index (κ2) is 8.79. The predicted molar refractivity (Wildman–Crippen MR) is 82.7 cm³/mol. The second-order valence-corrected chi connectivity index (χ2v) is 5.44. The van der Waals surface area contributed by atoms with Gasteiger partial charge in [0.2, 0.25) is 5.91 Å². The third-order valence-corrected chi connectivity index (χ3v) is 3.61. The summed E-state index contributed by atoms with van der Waals surface area (Å²) in [6, 6.07) is 6.99. The number of amides is 1. The Kier molecular flexibility index (Phi) is 7.39. The van der Waals surface area contributed by atoms with Crippen LogP contribution in [0.1, 0.15) is 31.4 Å². The van der Waals surface area contributed by atoms with E-state index in [4.69, 9.17) is 9.47 Å². The molecule has 0 bridgehead atoms. The molecule has 1 N–H and O–H groups in total. The van der Waals surface area contributed by atoms with Gasteiger partial charge in [-0.1, -0.05) is 35.0 Å². The van der Waals surface area contributed by atoms with Crippen molar-refractivity contribution < 1.29 is 19.1 Å². The van der Waals surface area contributed by atoms with Crippen molar-refractivity contribution in [1.82, 2.24) is 5.32 Å². The van der Waals surface area contributed by atoms with Crippen molar-refractivity contribution >= 4 is 27.8 Å². The number of rotatable bonds is 7. The maximum atomic E-state index is 12.1. The Morgan fingerprint density at radius 3 is 2.57 bits per heavy atom. The maximum Gasteiger partial charge on any atom is 0.307 e. The highest BCUT2D eigenvalue weighted by molar-refractivity contribution is 9.10. The van der Waals surface area contributed by atoms with Crippen molar-refractivity contribution in [2.24, 2.45) is 0 Å². The van der Waals surface area contributed by atoms with Crippen molar-refractivity contribution in [1.29, 1.82) is 0 Å². The van der Waals surface area contributed by atoms with Crippen molar-refractivity contribution in [3.05, 3.63) is 34.3 Å². The zero-order valence-corrected chi connectivity index (χ0v) is 14.0. The van der Waals surface area contributed by atoms with Crippen molar-refractivity contribution in [3.63, 3.8) is 0 Å². The SMILES string of the molecule is CCC(OC)C(=O)NC(CC(=O)OC)c1cccc(Br)c1. The van der Waals surface area contributed by atoms with Gasteiger partial charge in [-0.25, -0.2) is 0 Å². The lowest BCUT2D eigenvalue weighted by atomic mass is 10.0. The summed E-state index contributed by atoms with van der Waals surface area (Å²) in [4.78, 5) is 23.7. The summed E-state index contributed by atoms with van der Waals surface area (Å²) in [5.41, 5.74) is 0.828. The van der Waals surface area contributed by atoms with Crippen LogP contribution in [0.2, 0.25) is 0 Å². The number of benzene rings is 1. The van der Waals surface area contributed by atoms with E-state index in [0.29, 0.717) is 6.42 Å². The van der Waals surface area contributed by atoms with E-state index >= 15 is 0 Å². The van der Waals surface area contributed by atoms with Crippen LogP contribution < -0.4 is 5.32 Å². The molecule has 0 fully saturated rings. The molecule has 0 saturated heterocycles. The fourth-order valence-corrected chi connectivity index (χ4v) is 2.37. The lowest BCUT2D eigenvalue weighted by Crippen LogP contribution is -2.38. The average Bonchev–Trinajstić information content (AvgIpc) is 2.47. The van der Waals surface area contributed by atoms with Gasteiger partial charge in [-0.05, 0) is 24.1 Å². The van der Waals surface area contributed by atoms with E-state index in [0.717, 1.165) is 10.0 Å². The van der Waals surface area contributed by atoms with Gasteiger partial charge < -0.3 is 14.8 Å². The molecule has 21 heavy (non-hydrogen) atoms. The third kappa shape index (κ3) is 5.47. The number of carbonyl (C=O) groups is 2. The molecule has 0 aliphatic carbocycles. The Morgan fingerprint density at radius 1 is 1.33 bits per heavy atom. The van der Waals surface area contributed by atoms with Crippen LogP contribution in [-0.2, 0) is 19.1 Å². The van der Waals surface area contributed by atoms with Gasteiger partial charge in [0.15, 0.2) is 0 Å². The van der Waals surface area contributed by atoms with Crippen molar-refractivity contribution in [3.8, 4) is 0 Å². The molecule has 0 spiro atoms. The molecule has 1 aromatic rings. The van der Waals surface area contributed by atoms with E-state index in [1.165, 1.54) is 14.2 Å². The number of hydrogen-bond donors (Lipinski definition) is 1. The van der Waals surface area contributed by atoms with Gasteiger partial charge in [0, 0.05) is 11.6 Å². The first-order chi connectivity index (χ1) is 10.0. The zero-order chi connectivity index (χ0) is 15.8. The number of nitrogens with one attached hydrogen (secondary N) is 1. The van der Waals surface area contributed by atoms with Gasteiger partial charge in [0.25, 0.3) is 0 Å². The van der Waals surface area contributed by atoms with Crippen LogP contribution in [0.3, 0.4) is 0 Å². The predicted octanol–water partition coefficient (Wildman–Crippen LogP) is 2.59. The zero-order valence-electron chi connectivity index (χ0n) is 12.4. The highest BCUT2D eigenvalue weighted by atomic mass is 79.9. The highest BCUT2D eigenvalue weighted by Gasteiger charge is 2.23. The van der Waals surface area contributed by atoms with Crippen molar-refractivity contribution in [2.45, 2.75) is 31.9 Å². The summed E-state index contributed by atoms with van der Waals surface area (Å²) in [5, 5.41) is 2.84. The summed E-state index contributed by atoms with van der Waals surface area (Å²) < 4.78 is 10.7. The van der Waals surface area contributed by atoms with Gasteiger partial charge in [0.1, 0.15) is 6.10 Å². The van der Waals surface area contributed by atoms with E-state index in [1.807, 2.05) is 31.2 Å². The number of halogens is 1. The Balaban J connectivity index is 2.92. The van der Waals surface area contributed by atoms with Crippen LogP contribution in [0, 0.1) is 0 Å². The smallest absolute Gasteiger partial charge is 0.307 e. The van der Waals surface area contributed by atoms with E-state index in [1.54, 1.807) is 0 Å². The van der Waals surface area contributed by atoms with Crippen LogP contribution in [-0.4, -0.2) is 32.2 Å². The summed E-state index contributed by atoms with van der Waals surface area (Å²) in [7, 11) is 2.81. The molecule has 2 atom stereocenters. The molecular weight excluding hydrogens is 338 g/mol. The average molecular weight is 358 g/mol. The molecule has 0 aliphatic rings. The number of carbonyl (C=O) groups excluding carboxylic acids is 2. The highest BCUT2D eigenvalue weighted by Crippen LogP contribution is 2.21. The molecule has 0 aromatic heterocycles. The molecule has 6 heteroatoms. The summed E-state index contributed by atoms with van der Waals surface area (Å²) in [6.45, 7) is 1.86. The first-order valence-corrected chi connectivity index (χ1v) is 7.46. The Bertz CT molecular complexity index is 488. The topological polar surface area (TPSA) is 64.6 Å². The molecule has 0 radical (unpaired) electrons. The first-order valence-electron chi connectivity index (χ1n) is 6.67. The summed E-state index contributed by atoms with van der Waals surface area (Å²) in [6.07, 6.45) is 0.0993. The molecule has 2 unspecified atom stereocenters. The number of ether oxygens (including phenoxy) is 2. The molecule has 0 heterocycles. The Morgan fingerprint density at radius 2 is 2.05 bits per heavy atom. The lowest BCUT2D eigenvalue weighted by molar-refractivity contribution is -0.141. The number of esters is 1. The Labute approximate surface area is 133 Å². The van der Waals surface area contributed by atoms with Crippen molar-refractivity contribution in [2.75, 3.05) is 14.2 Å². The number of methoxy groups -OCH3 is 2. The first kappa shape index (κ1) is 17.7. The van der Waals surface area contributed by atoms with Gasteiger partial charge in [-0.2, -0.15) is 0 Å². The third-order valence-electron chi connectivity index (χ3n) is 3.11. The second-order valence-electron chi connectivity index (χ2n) is 4.53. The molecule has 5 nitrogen and oxygen atoms in total. The Hall–Kier alpha value is -1.40. The van der Waals surface area contributed by atoms with Crippen LogP contribution in [0.4, 0.5) is 0 Å². The van der Waals surface area contributed by atoms with Gasteiger partial charge >= 0.3 is 5.97 Å². The van der Waals surface area contributed by atoms with Crippen LogP contribution in [0.25, 0.3) is 0 Å². The summed E-state index contributed by atoms with van der Waals surface area (Å²) in [5.74, 6) is -0.625. The monoisotopic (exact) mass is 357 g/mol. The standard InChI is InChI=1S/C15H20BrNO4/c1-4-13(20-2)15(19)17-12(9-14(18)21-3)10-6-5-7-11(16)8-10/h5-8,12-13H,4,9H2,1-3H3,(H,17,19). The van der Waals surface area contributed by atoms with E-state index < -0.39 is 12.1 Å². The van der Waals surface area contributed by atoms with Crippen LogP contribution in [0.15, 0.2) is 28.7 Å². The maximum absolute atomic E-state index is 12.1. The molecule has 0 saturated carbocycles. The van der Waals surface area contributed by atoms with Crippen LogP contribution >= 0.6 is 15.9 Å². The normalized spacial score (nSPS) is 13.3. The summed E-state index contributed by atoms with van der Waals surface area (Å²) >= 11 is 3.38. The molecule has 1 aromatic carbocycles. The fourth-order valence-electron chi connectivity index (χ4n) is 1.95. The van der Waals surface area contributed by atoms with Gasteiger partial charge in [-0.3, -0.25) is 9.59 Å². The molecule has 1 rings (SSSR count). The van der Waals surface area contributed by atoms with Gasteiger partial charge in [-0.15, -0.1) is 0 Å². The lowest BCUT2D eigenvalue weighted by Gasteiger charge is -2.21. The van der Waals surface area contributed by atoms with Gasteiger partial charge in [0.05, 0.1) is 19.6 Å². The quantitative estimate of drug-likeness (QED) is 0.761. The molecule has 116 valence electrons.